The number of rotatable bonds is 9. The molecule has 9 heteroatoms. The summed E-state index contributed by atoms with van der Waals surface area (Å²) in [5.74, 6) is 0.740. The number of hydrogen-bond acceptors (Lipinski definition) is 4. The van der Waals surface area contributed by atoms with Gasteiger partial charge in [0.1, 0.15) is 6.04 Å². The molecular formula is C23H28Cl2N5OS+. The number of thioether (sulfide) groups is 1. The number of aromatic nitrogens is 3. The van der Waals surface area contributed by atoms with Crippen molar-refractivity contribution in [1.82, 2.24) is 14.8 Å². The van der Waals surface area contributed by atoms with Gasteiger partial charge in [0.05, 0.1) is 36.6 Å². The third kappa shape index (κ3) is 6.04. The Bertz CT molecular complexity index is 1060. The van der Waals surface area contributed by atoms with Crippen molar-refractivity contribution in [2.45, 2.75) is 43.3 Å². The normalized spacial score (nSPS) is 13.2. The fraction of sp³-hybridized carbons (Fsp3) is 0.348. The van der Waals surface area contributed by atoms with Gasteiger partial charge >= 0.3 is 0 Å². The molecule has 2 atom stereocenters. The van der Waals surface area contributed by atoms with Gasteiger partial charge in [0.25, 0.3) is 0 Å². The van der Waals surface area contributed by atoms with Gasteiger partial charge < -0.3 is 10.2 Å². The molecule has 1 heterocycles. The standard InChI is InChI=1S/C23H27Cl2N5OS/c1-5-20(29(3)4)21-27-28-23(30(21)14-16-9-7-6-8-10-16)32-15(2)22(31)26-19-13-17(24)11-12-18(19)25/h6-13,15,20H,5,14H2,1-4H3,(H,26,31)/p+1/t15-,20+/m0/s1. The number of amides is 1. The van der Waals surface area contributed by atoms with Crippen molar-refractivity contribution < 1.29 is 9.69 Å². The number of benzene rings is 2. The van der Waals surface area contributed by atoms with Crippen molar-refractivity contribution in [2.75, 3.05) is 19.4 Å². The maximum absolute atomic E-state index is 12.9. The van der Waals surface area contributed by atoms with Crippen LogP contribution in [0.25, 0.3) is 0 Å². The molecule has 0 aliphatic heterocycles. The van der Waals surface area contributed by atoms with E-state index >= 15 is 0 Å². The first kappa shape index (κ1) is 24.6. The fourth-order valence-corrected chi connectivity index (χ4v) is 4.64. The Labute approximate surface area is 203 Å². The van der Waals surface area contributed by atoms with Crippen molar-refractivity contribution in [3.63, 3.8) is 0 Å². The van der Waals surface area contributed by atoms with Crippen LogP contribution in [0.4, 0.5) is 5.69 Å². The summed E-state index contributed by atoms with van der Waals surface area (Å²) in [6, 6.07) is 15.4. The van der Waals surface area contributed by atoms with Crippen LogP contribution in [-0.4, -0.2) is 40.0 Å². The van der Waals surface area contributed by atoms with Crippen LogP contribution >= 0.6 is 35.0 Å². The Morgan fingerprint density at radius 1 is 1.16 bits per heavy atom. The Morgan fingerprint density at radius 3 is 2.53 bits per heavy atom. The minimum absolute atomic E-state index is 0.180. The lowest BCUT2D eigenvalue weighted by molar-refractivity contribution is -0.893. The number of nitrogens with one attached hydrogen (secondary N) is 2. The lowest BCUT2D eigenvalue weighted by Gasteiger charge is -2.21. The van der Waals surface area contributed by atoms with E-state index in [9.17, 15) is 4.79 Å². The topological polar surface area (TPSA) is 64.2 Å². The third-order valence-corrected chi connectivity index (χ3v) is 6.83. The van der Waals surface area contributed by atoms with Gasteiger partial charge in [-0.05, 0) is 30.7 Å². The molecule has 6 nitrogen and oxygen atoms in total. The maximum atomic E-state index is 12.9. The highest BCUT2D eigenvalue weighted by Crippen LogP contribution is 2.29. The second kappa shape index (κ2) is 11.2. The number of nitrogens with zero attached hydrogens (tertiary/aromatic N) is 3. The van der Waals surface area contributed by atoms with E-state index in [1.807, 2.05) is 25.1 Å². The Morgan fingerprint density at radius 2 is 1.88 bits per heavy atom. The molecule has 0 aliphatic rings. The van der Waals surface area contributed by atoms with Crippen LogP contribution in [0.5, 0.6) is 0 Å². The quantitative estimate of drug-likeness (QED) is 0.435. The monoisotopic (exact) mass is 492 g/mol. The molecule has 3 aromatic rings. The highest BCUT2D eigenvalue weighted by molar-refractivity contribution is 8.00. The number of halogens is 2. The summed E-state index contributed by atoms with van der Waals surface area (Å²) in [7, 11) is 4.24. The van der Waals surface area contributed by atoms with Crippen molar-refractivity contribution in [3.05, 3.63) is 70.0 Å². The molecule has 0 aliphatic carbocycles. The molecule has 0 fully saturated rings. The molecule has 3 rings (SSSR count). The van der Waals surface area contributed by atoms with Crippen LogP contribution in [0.1, 0.15) is 37.7 Å². The minimum atomic E-state index is -0.414. The summed E-state index contributed by atoms with van der Waals surface area (Å²) in [5, 5.41) is 13.1. The van der Waals surface area contributed by atoms with Crippen LogP contribution in [0.3, 0.4) is 0 Å². The highest BCUT2D eigenvalue weighted by atomic mass is 35.5. The Balaban J connectivity index is 1.85. The number of carbonyl (C=O) groups is 1. The summed E-state index contributed by atoms with van der Waals surface area (Å²) in [6.07, 6.45) is 0.934. The molecule has 0 spiro atoms. The molecule has 170 valence electrons. The van der Waals surface area contributed by atoms with Crippen molar-refractivity contribution in [3.8, 4) is 0 Å². The van der Waals surface area contributed by atoms with Gasteiger partial charge in [-0.25, -0.2) is 0 Å². The molecule has 0 saturated carbocycles. The average Bonchev–Trinajstić information content (AvgIpc) is 3.13. The van der Waals surface area contributed by atoms with E-state index in [4.69, 9.17) is 23.2 Å². The smallest absolute Gasteiger partial charge is 0.237 e. The Kier molecular flexibility index (Phi) is 8.59. The summed E-state index contributed by atoms with van der Waals surface area (Å²) >= 11 is 13.6. The fourth-order valence-electron chi connectivity index (χ4n) is 3.45. The largest absolute Gasteiger partial charge is 0.331 e. The average molecular weight is 493 g/mol. The molecule has 0 radical (unpaired) electrons. The van der Waals surface area contributed by atoms with Gasteiger partial charge in [0, 0.05) is 11.4 Å². The van der Waals surface area contributed by atoms with Gasteiger partial charge in [-0.15, -0.1) is 10.2 Å². The predicted molar refractivity (Wildman–Crippen MR) is 132 cm³/mol. The second-order valence-electron chi connectivity index (χ2n) is 7.82. The van der Waals surface area contributed by atoms with Gasteiger partial charge in [-0.3, -0.25) is 9.36 Å². The van der Waals surface area contributed by atoms with E-state index in [0.29, 0.717) is 27.4 Å². The predicted octanol–water partition coefficient (Wildman–Crippen LogP) is 4.35. The van der Waals surface area contributed by atoms with Crippen molar-refractivity contribution in [1.29, 1.82) is 0 Å². The number of anilines is 1. The number of quaternary nitrogens is 1. The van der Waals surface area contributed by atoms with Crippen LogP contribution < -0.4 is 10.2 Å². The molecule has 0 bridgehead atoms. The van der Waals surface area contributed by atoms with Crippen LogP contribution in [-0.2, 0) is 11.3 Å². The summed E-state index contributed by atoms with van der Waals surface area (Å²) in [4.78, 5) is 14.1. The van der Waals surface area contributed by atoms with Gasteiger partial charge in [-0.2, -0.15) is 0 Å². The van der Waals surface area contributed by atoms with E-state index in [1.54, 1.807) is 18.2 Å². The minimum Gasteiger partial charge on any atom is -0.331 e. The number of hydrogen-bond donors (Lipinski definition) is 2. The molecule has 0 saturated heterocycles. The first-order chi connectivity index (χ1) is 15.3. The molecular weight excluding hydrogens is 465 g/mol. The lowest BCUT2D eigenvalue weighted by Crippen LogP contribution is -3.06. The zero-order chi connectivity index (χ0) is 23.3. The number of carbonyl (C=O) groups excluding carboxylic acids is 1. The first-order valence-electron chi connectivity index (χ1n) is 10.5. The van der Waals surface area contributed by atoms with E-state index in [1.165, 1.54) is 16.7 Å². The molecule has 2 N–H and O–H groups in total. The molecule has 1 amide bonds. The summed E-state index contributed by atoms with van der Waals surface area (Å²) in [5.41, 5.74) is 1.65. The van der Waals surface area contributed by atoms with Gasteiger partial charge in [-0.1, -0.05) is 72.2 Å². The second-order valence-corrected chi connectivity index (χ2v) is 9.98. The molecule has 0 unspecified atom stereocenters. The summed E-state index contributed by atoms with van der Waals surface area (Å²) in [6.45, 7) is 4.63. The van der Waals surface area contributed by atoms with Gasteiger partial charge in [0.2, 0.25) is 5.91 Å². The van der Waals surface area contributed by atoms with E-state index in [2.05, 4.69) is 53.2 Å². The zero-order valence-corrected chi connectivity index (χ0v) is 20.9. The zero-order valence-electron chi connectivity index (χ0n) is 18.6. The lowest BCUT2D eigenvalue weighted by atomic mass is 10.2. The third-order valence-electron chi connectivity index (χ3n) is 5.18. The summed E-state index contributed by atoms with van der Waals surface area (Å²) < 4.78 is 2.12. The Hall–Kier alpha value is -2.06. The molecule has 2 aromatic carbocycles. The first-order valence-corrected chi connectivity index (χ1v) is 12.1. The van der Waals surface area contributed by atoms with E-state index in [0.717, 1.165) is 17.8 Å². The van der Waals surface area contributed by atoms with E-state index in [-0.39, 0.29) is 11.9 Å². The SMILES string of the molecule is CC[C@H](c1nnc(S[C@@H](C)C(=O)Nc2cc(Cl)ccc2Cl)n1Cc1ccccc1)[NH+](C)C. The van der Waals surface area contributed by atoms with Crippen LogP contribution in [0.15, 0.2) is 53.7 Å². The maximum Gasteiger partial charge on any atom is 0.237 e. The highest BCUT2D eigenvalue weighted by Gasteiger charge is 2.27. The van der Waals surface area contributed by atoms with Crippen LogP contribution in [0, 0.1) is 0 Å². The molecule has 1 aromatic heterocycles. The van der Waals surface area contributed by atoms with E-state index < -0.39 is 5.25 Å². The molecule has 32 heavy (non-hydrogen) atoms. The van der Waals surface area contributed by atoms with Gasteiger partial charge in [0.15, 0.2) is 11.0 Å². The van der Waals surface area contributed by atoms with Crippen molar-refractivity contribution >= 4 is 46.6 Å². The van der Waals surface area contributed by atoms with Crippen LogP contribution in [0.2, 0.25) is 10.0 Å². The van der Waals surface area contributed by atoms with Crippen molar-refractivity contribution in [2.24, 2.45) is 0 Å².